The number of carbonyl (C=O) groups excluding carboxylic acids is 1. The molecule has 0 N–H and O–H groups in total. The Morgan fingerprint density at radius 3 is 2.50 bits per heavy atom. The van der Waals surface area contributed by atoms with E-state index in [0.29, 0.717) is 17.0 Å². The van der Waals surface area contributed by atoms with Crippen LogP contribution < -0.4 is 0 Å². The van der Waals surface area contributed by atoms with Crippen LogP contribution in [-0.4, -0.2) is 41.4 Å². The molecule has 0 unspecified atom stereocenters. The van der Waals surface area contributed by atoms with Gasteiger partial charge in [0.1, 0.15) is 0 Å². The fraction of sp³-hybridized carbons (Fsp3) is 0.364. The first-order chi connectivity index (χ1) is 12.7. The molecule has 5 rings (SSSR count). The van der Waals surface area contributed by atoms with E-state index in [9.17, 15) is 4.79 Å². The lowest BCUT2D eigenvalue weighted by Gasteiger charge is -2.36. The summed E-state index contributed by atoms with van der Waals surface area (Å²) < 4.78 is 0. The molecule has 3 aliphatic heterocycles. The molecule has 0 radical (unpaired) electrons. The number of rotatable bonds is 3. The summed E-state index contributed by atoms with van der Waals surface area (Å²) in [5.74, 6) is 0.644. The van der Waals surface area contributed by atoms with Gasteiger partial charge in [-0.1, -0.05) is 30.3 Å². The monoisotopic (exact) mass is 345 g/mol. The molecule has 3 saturated heterocycles. The van der Waals surface area contributed by atoms with Gasteiger partial charge in [0.25, 0.3) is 5.91 Å². The summed E-state index contributed by atoms with van der Waals surface area (Å²) in [5, 5.41) is 8.94. The number of fused-ring (bicyclic) bond motifs is 4. The molecule has 132 valence electrons. The topological polar surface area (TPSA) is 47.3 Å². The van der Waals surface area contributed by atoms with Gasteiger partial charge in [-0.15, -0.1) is 0 Å². The van der Waals surface area contributed by atoms with Crippen LogP contribution in [0.3, 0.4) is 0 Å². The van der Waals surface area contributed by atoms with Crippen molar-refractivity contribution in [3.63, 3.8) is 0 Å². The van der Waals surface area contributed by atoms with Gasteiger partial charge in [-0.05, 0) is 48.6 Å². The standard InChI is InChI=1S/C22H23N3O/c23-12-17-6-9-20(10-7-17)22(26)25-15-19-8-11-21(25)16-24(14-19)13-18-4-2-1-3-5-18/h1-7,9-10,19,21H,8,11,13-16H2/t19-,21+/m0/s1. The van der Waals surface area contributed by atoms with Gasteiger partial charge in [-0.3, -0.25) is 9.69 Å². The predicted molar refractivity (Wildman–Crippen MR) is 100 cm³/mol. The molecular formula is C22H23N3O. The molecule has 0 aromatic heterocycles. The lowest BCUT2D eigenvalue weighted by molar-refractivity contribution is 0.0585. The van der Waals surface area contributed by atoms with Gasteiger partial charge >= 0.3 is 0 Å². The van der Waals surface area contributed by atoms with Crippen LogP contribution in [0.5, 0.6) is 0 Å². The minimum absolute atomic E-state index is 0.103. The highest BCUT2D eigenvalue weighted by atomic mass is 16.2. The molecule has 3 fully saturated rings. The average Bonchev–Trinajstić information content (AvgIpc) is 2.99. The quantitative estimate of drug-likeness (QED) is 0.857. The minimum Gasteiger partial charge on any atom is -0.334 e. The molecule has 2 atom stereocenters. The molecule has 26 heavy (non-hydrogen) atoms. The van der Waals surface area contributed by atoms with E-state index in [1.165, 1.54) is 12.0 Å². The number of piperidine rings is 1. The number of nitrogens with zero attached hydrogens (tertiary/aromatic N) is 3. The number of amides is 1. The zero-order valence-corrected chi connectivity index (χ0v) is 14.8. The summed E-state index contributed by atoms with van der Waals surface area (Å²) in [6.45, 7) is 3.79. The first-order valence-corrected chi connectivity index (χ1v) is 9.30. The summed E-state index contributed by atoms with van der Waals surface area (Å²) in [7, 11) is 0. The Bertz CT molecular complexity index is 810. The Kier molecular flexibility index (Phi) is 4.73. The molecule has 0 aliphatic carbocycles. The van der Waals surface area contributed by atoms with Gasteiger partial charge in [0, 0.05) is 37.8 Å². The van der Waals surface area contributed by atoms with Crippen molar-refractivity contribution in [2.24, 2.45) is 5.92 Å². The number of hydrogen-bond donors (Lipinski definition) is 0. The van der Waals surface area contributed by atoms with Crippen molar-refractivity contribution in [1.82, 2.24) is 9.80 Å². The van der Waals surface area contributed by atoms with Crippen molar-refractivity contribution in [2.75, 3.05) is 19.6 Å². The molecule has 2 bridgehead atoms. The van der Waals surface area contributed by atoms with Crippen LogP contribution in [0.1, 0.15) is 34.3 Å². The zero-order chi connectivity index (χ0) is 17.9. The highest BCUT2D eigenvalue weighted by Crippen LogP contribution is 2.30. The van der Waals surface area contributed by atoms with Crippen molar-refractivity contribution < 1.29 is 4.79 Å². The third-order valence-electron chi connectivity index (χ3n) is 5.56. The van der Waals surface area contributed by atoms with E-state index in [0.717, 1.165) is 32.6 Å². The maximum atomic E-state index is 13.0. The lowest BCUT2D eigenvalue weighted by atomic mass is 9.94. The van der Waals surface area contributed by atoms with Crippen LogP contribution in [0.15, 0.2) is 54.6 Å². The van der Waals surface area contributed by atoms with Crippen LogP contribution >= 0.6 is 0 Å². The summed E-state index contributed by atoms with van der Waals surface area (Å²) in [5.41, 5.74) is 2.61. The maximum absolute atomic E-state index is 13.0. The van der Waals surface area contributed by atoms with E-state index < -0.39 is 0 Å². The third kappa shape index (κ3) is 3.49. The lowest BCUT2D eigenvalue weighted by Crippen LogP contribution is -2.47. The van der Waals surface area contributed by atoms with Crippen molar-refractivity contribution in [3.05, 3.63) is 71.3 Å². The van der Waals surface area contributed by atoms with E-state index in [1.54, 1.807) is 24.3 Å². The van der Waals surface area contributed by atoms with Crippen LogP contribution in [0.2, 0.25) is 0 Å². The molecule has 3 aliphatic rings. The highest BCUT2D eigenvalue weighted by Gasteiger charge is 2.37. The van der Waals surface area contributed by atoms with Crippen LogP contribution in [0.25, 0.3) is 0 Å². The van der Waals surface area contributed by atoms with Crippen LogP contribution in [0, 0.1) is 17.2 Å². The predicted octanol–water partition coefficient (Wildman–Crippen LogP) is 3.29. The van der Waals surface area contributed by atoms with Gasteiger partial charge in [0.15, 0.2) is 0 Å². The SMILES string of the molecule is N#Cc1ccc(C(=O)N2C[C@H]3CC[C@@H]2CN(Cc2ccccc2)C3)cc1. The first kappa shape index (κ1) is 16.8. The normalized spacial score (nSPS) is 22.7. The summed E-state index contributed by atoms with van der Waals surface area (Å²) in [6, 6.07) is 20.0. The molecule has 2 aromatic carbocycles. The molecule has 3 heterocycles. The van der Waals surface area contributed by atoms with Crippen molar-refractivity contribution in [2.45, 2.75) is 25.4 Å². The van der Waals surface area contributed by atoms with Gasteiger partial charge in [0.05, 0.1) is 11.6 Å². The van der Waals surface area contributed by atoms with E-state index in [4.69, 9.17) is 5.26 Å². The Balaban J connectivity index is 1.49. The van der Waals surface area contributed by atoms with E-state index in [1.807, 2.05) is 6.07 Å². The summed E-state index contributed by atoms with van der Waals surface area (Å²) in [4.78, 5) is 17.6. The second-order valence-corrected chi connectivity index (χ2v) is 7.42. The molecule has 4 heteroatoms. The number of hydrogen-bond acceptors (Lipinski definition) is 3. The number of benzene rings is 2. The van der Waals surface area contributed by atoms with Gasteiger partial charge in [-0.25, -0.2) is 0 Å². The first-order valence-electron chi connectivity index (χ1n) is 9.30. The summed E-state index contributed by atoms with van der Waals surface area (Å²) in [6.07, 6.45) is 2.28. The molecule has 0 saturated carbocycles. The highest BCUT2D eigenvalue weighted by molar-refractivity contribution is 5.94. The van der Waals surface area contributed by atoms with E-state index in [2.05, 4.69) is 40.1 Å². The molecule has 1 amide bonds. The van der Waals surface area contributed by atoms with Crippen LogP contribution in [-0.2, 0) is 6.54 Å². The molecule has 0 spiro atoms. The maximum Gasteiger partial charge on any atom is 0.254 e. The Hall–Kier alpha value is -2.64. The zero-order valence-electron chi connectivity index (χ0n) is 14.8. The van der Waals surface area contributed by atoms with Crippen LogP contribution in [0.4, 0.5) is 0 Å². The van der Waals surface area contributed by atoms with Gasteiger partial charge in [0.2, 0.25) is 0 Å². The van der Waals surface area contributed by atoms with Gasteiger partial charge < -0.3 is 4.90 Å². The fourth-order valence-corrected chi connectivity index (χ4v) is 4.25. The smallest absolute Gasteiger partial charge is 0.254 e. The second-order valence-electron chi connectivity index (χ2n) is 7.42. The largest absolute Gasteiger partial charge is 0.334 e. The second kappa shape index (κ2) is 7.31. The van der Waals surface area contributed by atoms with E-state index in [-0.39, 0.29) is 11.9 Å². The third-order valence-corrected chi connectivity index (χ3v) is 5.56. The van der Waals surface area contributed by atoms with E-state index >= 15 is 0 Å². The Morgan fingerprint density at radius 2 is 1.77 bits per heavy atom. The molecule has 2 aromatic rings. The average molecular weight is 345 g/mol. The molecular weight excluding hydrogens is 322 g/mol. The van der Waals surface area contributed by atoms with Gasteiger partial charge in [-0.2, -0.15) is 5.26 Å². The molecule has 4 nitrogen and oxygen atoms in total. The van der Waals surface area contributed by atoms with Crippen molar-refractivity contribution in [1.29, 1.82) is 5.26 Å². The fourth-order valence-electron chi connectivity index (χ4n) is 4.25. The summed E-state index contributed by atoms with van der Waals surface area (Å²) >= 11 is 0. The Morgan fingerprint density at radius 1 is 1.00 bits per heavy atom. The number of nitriles is 1. The Labute approximate surface area is 154 Å². The number of carbonyl (C=O) groups is 1. The van der Waals surface area contributed by atoms with Crippen molar-refractivity contribution in [3.8, 4) is 6.07 Å². The minimum atomic E-state index is 0.103. The van der Waals surface area contributed by atoms with Crippen molar-refractivity contribution >= 4 is 5.91 Å².